The maximum atomic E-state index is 12.6. The van der Waals surface area contributed by atoms with Crippen LogP contribution >= 0.6 is 0 Å². The second-order valence-corrected chi connectivity index (χ2v) is 4.98. The zero-order chi connectivity index (χ0) is 17.3. The van der Waals surface area contributed by atoms with Crippen molar-refractivity contribution in [2.45, 2.75) is 26.6 Å². The minimum atomic E-state index is -4.31. The third-order valence-corrected chi connectivity index (χ3v) is 3.10. The molecule has 0 aromatic heterocycles. The number of halogens is 3. The number of nitrogens with one attached hydrogen (secondary N) is 1. The van der Waals surface area contributed by atoms with Crippen LogP contribution in [0, 0.1) is 0 Å². The minimum absolute atomic E-state index is 0.471. The molecule has 7 heteroatoms. The van der Waals surface area contributed by atoms with Gasteiger partial charge in [-0.1, -0.05) is 12.1 Å². The molecule has 0 atom stereocenters. The molecule has 4 nitrogen and oxygen atoms in total. The third kappa shape index (κ3) is 6.90. The van der Waals surface area contributed by atoms with Gasteiger partial charge in [0.05, 0.1) is 18.7 Å². The summed E-state index contributed by atoms with van der Waals surface area (Å²) in [5, 5.41) is 3.16. The van der Waals surface area contributed by atoms with Crippen LogP contribution in [0.1, 0.15) is 25.0 Å². The number of nitrogens with zero attached hydrogens (tertiary/aromatic N) is 2. The van der Waals surface area contributed by atoms with Crippen molar-refractivity contribution in [1.29, 1.82) is 0 Å². The smallest absolute Gasteiger partial charge is 0.380 e. The fraction of sp³-hybridized carbons (Fsp3) is 0.562. The monoisotopic (exact) mass is 331 g/mol. The van der Waals surface area contributed by atoms with Gasteiger partial charge in [-0.15, -0.1) is 0 Å². The van der Waals surface area contributed by atoms with E-state index in [1.54, 1.807) is 0 Å². The predicted molar refractivity (Wildman–Crippen MR) is 85.4 cm³/mol. The van der Waals surface area contributed by atoms with E-state index in [2.05, 4.69) is 10.3 Å². The SMILES string of the molecule is CCNC(=NCCOCC)N(C)Cc1ccc(C(F)(F)F)cc1. The van der Waals surface area contributed by atoms with Gasteiger partial charge in [0.15, 0.2) is 5.96 Å². The first-order chi connectivity index (χ1) is 10.9. The Labute approximate surface area is 135 Å². The Morgan fingerprint density at radius 1 is 1.22 bits per heavy atom. The Morgan fingerprint density at radius 3 is 2.39 bits per heavy atom. The Kier molecular flexibility index (Phi) is 7.88. The summed E-state index contributed by atoms with van der Waals surface area (Å²) in [6.07, 6.45) is -4.31. The maximum Gasteiger partial charge on any atom is 0.416 e. The molecular formula is C16H24F3N3O. The van der Waals surface area contributed by atoms with Crippen LogP contribution in [0.15, 0.2) is 29.3 Å². The molecule has 0 aliphatic heterocycles. The van der Waals surface area contributed by atoms with Crippen molar-refractivity contribution in [2.24, 2.45) is 4.99 Å². The topological polar surface area (TPSA) is 36.9 Å². The highest BCUT2D eigenvalue weighted by atomic mass is 19.4. The Hall–Kier alpha value is -1.76. The number of aliphatic imine (C=N–C) groups is 1. The molecule has 0 heterocycles. The molecule has 0 bridgehead atoms. The third-order valence-electron chi connectivity index (χ3n) is 3.10. The van der Waals surface area contributed by atoms with Gasteiger partial charge in [-0.05, 0) is 31.5 Å². The van der Waals surface area contributed by atoms with Crippen LogP contribution in [0.5, 0.6) is 0 Å². The molecule has 0 spiro atoms. The molecule has 130 valence electrons. The normalized spacial score (nSPS) is 12.3. The quantitative estimate of drug-likeness (QED) is 0.474. The van der Waals surface area contributed by atoms with Crippen LogP contribution in [0.2, 0.25) is 0 Å². The fourth-order valence-corrected chi connectivity index (χ4v) is 1.98. The molecule has 0 fully saturated rings. The zero-order valence-electron chi connectivity index (χ0n) is 13.8. The van der Waals surface area contributed by atoms with Crippen LogP contribution in [0.4, 0.5) is 13.2 Å². The summed E-state index contributed by atoms with van der Waals surface area (Å²) in [4.78, 5) is 6.30. The molecule has 0 saturated carbocycles. The Morgan fingerprint density at radius 2 is 1.87 bits per heavy atom. The van der Waals surface area contributed by atoms with Crippen molar-refractivity contribution in [3.63, 3.8) is 0 Å². The first kappa shape index (κ1) is 19.3. The highest BCUT2D eigenvalue weighted by Gasteiger charge is 2.29. The molecule has 0 aliphatic carbocycles. The molecular weight excluding hydrogens is 307 g/mol. The van der Waals surface area contributed by atoms with Crippen molar-refractivity contribution in [3.8, 4) is 0 Å². The summed E-state index contributed by atoms with van der Waals surface area (Å²) in [6.45, 7) is 6.79. The summed E-state index contributed by atoms with van der Waals surface area (Å²) in [5.41, 5.74) is 0.150. The van der Waals surface area contributed by atoms with Crippen LogP contribution in [0.25, 0.3) is 0 Å². The number of alkyl halides is 3. The summed E-state index contributed by atoms with van der Waals surface area (Å²) >= 11 is 0. The van der Waals surface area contributed by atoms with Gasteiger partial charge >= 0.3 is 6.18 Å². The van der Waals surface area contributed by atoms with Gasteiger partial charge in [-0.25, -0.2) is 0 Å². The van der Waals surface area contributed by atoms with Gasteiger partial charge < -0.3 is 15.0 Å². The lowest BCUT2D eigenvalue weighted by Crippen LogP contribution is -2.38. The van der Waals surface area contributed by atoms with Crippen LogP contribution in [-0.4, -0.2) is 44.2 Å². The highest BCUT2D eigenvalue weighted by molar-refractivity contribution is 5.79. The van der Waals surface area contributed by atoms with Gasteiger partial charge in [0.1, 0.15) is 0 Å². The fourth-order valence-electron chi connectivity index (χ4n) is 1.98. The van der Waals surface area contributed by atoms with E-state index >= 15 is 0 Å². The first-order valence-electron chi connectivity index (χ1n) is 7.61. The lowest BCUT2D eigenvalue weighted by Gasteiger charge is -2.22. The molecule has 1 N–H and O–H groups in total. The summed E-state index contributed by atoms with van der Waals surface area (Å²) in [7, 11) is 1.85. The number of rotatable bonds is 7. The molecule has 0 radical (unpaired) electrons. The maximum absolute atomic E-state index is 12.6. The Bertz CT molecular complexity index is 486. The highest BCUT2D eigenvalue weighted by Crippen LogP contribution is 2.29. The van der Waals surface area contributed by atoms with Crippen molar-refractivity contribution >= 4 is 5.96 Å². The van der Waals surface area contributed by atoms with Gasteiger partial charge in [-0.2, -0.15) is 13.2 Å². The molecule has 0 aliphatic rings. The molecule has 1 aromatic rings. The molecule has 0 unspecified atom stereocenters. The number of benzene rings is 1. The molecule has 23 heavy (non-hydrogen) atoms. The molecule has 1 aromatic carbocycles. The van der Waals surface area contributed by atoms with Crippen LogP contribution < -0.4 is 5.32 Å². The van der Waals surface area contributed by atoms with E-state index in [9.17, 15) is 13.2 Å². The van der Waals surface area contributed by atoms with E-state index in [0.717, 1.165) is 17.7 Å². The molecule has 0 saturated heterocycles. The second-order valence-electron chi connectivity index (χ2n) is 4.98. The molecule has 0 amide bonds. The summed E-state index contributed by atoms with van der Waals surface area (Å²) < 4.78 is 42.9. The summed E-state index contributed by atoms with van der Waals surface area (Å²) in [5.74, 6) is 0.701. The Balaban J connectivity index is 2.68. The van der Waals surface area contributed by atoms with Crippen molar-refractivity contribution in [1.82, 2.24) is 10.2 Å². The average molecular weight is 331 g/mol. The van der Waals surface area contributed by atoms with Gasteiger partial charge in [0.25, 0.3) is 0 Å². The van der Waals surface area contributed by atoms with Gasteiger partial charge in [0, 0.05) is 26.7 Å². The number of hydrogen-bond donors (Lipinski definition) is 1. The predicted octanol–water partition coefficient (Wildman–Crippen LogP) is 3.14. The van der Waals surface area contributed by atoms with Crippen LogP contribution in [-0.2, 0) is 17.5 Å². The molecule has 1 rings (SSSR count). The van der Waals surface area contributed by atoms with E-state index in [1.165, 1.54) is 12.1 Å². The minimum Gasteiger partial charge on any atom is -0.380 e. The van der Waals surface area contributed by atoms with E-state index in [4.69, 9.17) is 4.74 Å². The largest absolute Gasteiger partial charge is 0.416 e. The zero-order valence-corrected chi connectivity index (χ0v) is 13.8. The standard InChI is InChI=1S/C16H24F3N3O/c1-4-20-15(21-10-11-23-5-2)22(3)12-13-6-8-14(9-7-13)16(17,18)19/h6-9H,4-5,10-12H2,1-3H3,(H,20,21). The van der Waals surface area contributed by atoms with Crippen molar-refractivity contribution < 1.29 is 17.9 Å². The van der Waals surface area contributed by atoms with E-state index in [-0.39, 0.29) is 0 Å². The number of ether oxygens (including phenoxy) is 1. The number of guanidine groups is 1. The summed E-state index contributed by atoms with van der Waals surface area (Å²) in [6, 6.07) is 5.18. The lowest BCUT2D eigenvalue weighted by molar-refractivity contribution is -0.137. The van der Waals surface area contributed by atoms with Crippen molar-refractivity contribution in [2.75, 3.05) is 33.4 Å². The van der Waals surface area contributed by atoms with Gasteiger partial charge in [-0.3, -0.25) is 4.99 Å². The van der Waals surface area contributed by atoms with E-state index < -0.39 is 11.7 Å². The van der Waals surface area contributed by atoms with Crippen molar-refractivity contribution in [3.05, 3.63) is 35.4 Å². The van der Waals surface area contributed by atoms with E-state index in [1.807, 2.05) is 25.8 Å². The first-order valence-corrected chi connectivity index (χ1v) is 7.61. The van der Waals surface area contributed by atoms with Gasteiger partial charge in [0.2, 0.25) is 0 Å². The van der Waals surface area contributed by atoms with Crippen LogP contribution in [0.3, 0.4) is 0 Å². The lowest BCUT2D eigenvalue weighted by atomic mass is 10.1. The number of hydrogen-bond acceptors (Lipinski definition) is 2. The average Bonchev–Trinajstić information content (AvgIpc) is 2.50. The second kappa shape index (κ2) is 9.39. The van der Waals surface area contributed by atoms with E-state index in [0.29, 0.717) is 38.8 Å².